The van der Waals surface area contributed by atoms with Crippen LogP contribution in [0.3, 0.4) is 0 Å². The number of carbonyl (C=O) groups excluding carboxylic acids is 2. The van der Waals surface area contributed by atoms with Crippen LogP contribution in [0.15, 0.2) is 58.4 Å². The molecular formula is C17H16BrNO5. The highest BCUT2D eigenvalue weighted by atomic mass is 79.9. The van der Waals surface area contributed by atoms with E-state index in [1.807, 2.05) is 0 Å². The molecule has 1 aliphatic rings. The summed E-state index contributed by atoms with van der Waals surface area (Å²) >= 11 is 3.45. The average Bonchev–Trinajstić information content (AvgIpc) is 2.82. The third-order valence-electron chi connectivity index (χ3n) is 3.30. The van der Waals surface area contributed by atoms with Gasteiger partial charge in [-0.25, -0.2) is 9.59 Å². The highest BCUT2D eigenvalue weighted by Crippen LogP contribution is 2.34. The molecule has 0 amide bonds. The summed E-state index contributed by atoms with van der Waals surface area (Å²) in [5.41, 5.74) is 0.787. The van der Waals surface area contributed by atoms with Gasteiger partial charge in [0.05, 0.1) is 32.6 Å². The number of esters is 2. The smallest absolute Gasteiger partial charge is 0.355 e. The number of allylic oxidation sites excluding steroid dienone is 2. The van der Waals surface area contributed by atoms with Crippen molar-refractivity contribution >= 4 is 33.6 Å². The van der Waals surface area contributed by atoms with Gasteiger partial charge >= 0.3 is 11.9 Å². The Morgan fingerprint density at radius 2 is 1.75 bits per heavy atom. The van der Waals surface area contributed by atoms with Gasteiger partial charge in [-0.15, -0.1) is 0 Å². The molecule has 2 rings (SSSR count). The Kier molecular flexibility index (Phi) is 5.81. The maximum absolute atomic E-state index is 12.3. The molecule has 7 heteroatoms. The summed E-state index contributed by atoms with van der Waals surface area (Å²) in [5.74, 6) is -0.640. The molecule has 0 aromatic heterocycles. The highest BCUT2D eigenvalue weighted by Gasteiger charge is 2.28. The van der Waals surface area contributed by atoms with Gasteiger partial charge in [0, 0.05) is 10.7 Å². The number of methoxy groups -OCH3 is 3. The molecule has 0 saturated heterocycles. The maximum Gasteiger partial charge on any atom is 0.355 e. The number of ether oxygens (including phenoxy) is 3. The molecule has 126 valence electrons. The van der Waals surface area contributed by atoms with Crippen molar-refractivity contribution in [3.63, 3.8) is 0 Å². The Bertz CT molecular complexity index is 751. The van der Waals surface area contributed by atoms with E-state index >= 15 is 0 Å². The monoisotopic (exact) mass is 393 g/mol. The summed E-state index contributed by atoms with van der Waals surface area (Å²) in [5, 5.41) is 0. The number of carbonyl (C=O) groups is 2. The van der Waals surface area contributed by atoms with Crippen LogP contribution in [0.1, 0.15) is 0 Å². The lowest BCUT2D eigenvalue weighted by Gasteiger charge is -2.24. The van der Waals surface area contributed by atoms with Crippen molar-refractivity contribution in [3.8, 4) is 5.75 Å². The molecule has 0 spiro atoms. The van der Waals surface area contributed by atoms with Crippen molar-refractivity contribution in [2.75, 3.05) is 26.2 Å². The fourth-order valence-electron chi connectivity index (χ4n) is 2.16. The molecular weight excluding hydrogens is 378 g/mol. The number of hydrogen-bond donors (Lipinski definition) is 0. The number of hydrogen-bond acceptors (Lipinski definition) is 6. The van der Waals surface area contributed by atoms with Crippen LogP contribution in [0.4, 0.5) is 5.69 Å². The molecule has 0 fully saturated rings. The Morgan fingerprint density at radius 1 is 1.04 bits per heavy atom. The van der Waals surface area contributed by atoms with Crippen LogP contribution < -0.4 is 9.64 Å². The third kappa shape index (κ3) is 3.51. The molecule has 1 heterocycles. The van der Waals surface area contributed by atoms with E-state index in [1.165, 1.54) is 20.3 Å². The number of benzene rings is 1. The fraction of sp³-hybridized carbons (Fsp3) is 0.176. The van der Waals surface area contributed by atoms with Gasteiger partial charge < -0.3 is 19.1 Å². The largest absolute Gasteiger partial charge is 0.497 e. The van der Waals surface area contributed by atoms with Crippen molar-refractivity contribution in [1.82, 2.24) is 0 Å². The molecule has 24 heavy (non-hydrogen) atoms. The second-order valence-corrected chi connectivity index (χ2v) is 5.49. The van der Waals surface area contributed by atoms with Crippen molar-refractivity contribution in [2.24, 2.45) is 0 Å². The maximum atomic E-state index is 12.3. The number of anilines is 1. The van der Waals surface area contributed by atoms with Gasteiger partial charge in [-0.3, -0.25) is 0 Å². The number of nitrogens with zero attached hydrogens (tertiary/aromatic N) is 1. The third-order valence-corrected chi connectivity index (χ3v) is 3.94. The van der Waals surface area contributed by atoms with Gasteiger partial charge in [0.1, 0.15) is 11.4 Å². The summed E-state index contributed by atoms with van der Waals surface area (Å²) in [6.07, 6.45) is 6.51. The molecule has 0 radical (unpaired) electrons. The zero-order valence-electron chi connectivity index (χ0n) is 13.4. The molecule has 1 aromatic carbocycles. The van der Waals surface area contributed by atoms with E-state index in [0.29, 0.717) is 15.9 Å². The van der Waals surface area contributed by atoms with Crippen molar-refractivity contribution in [3.05, 3.63) is 58.4 Å². The standard InChI is InChI=1S/C17H16BrNO5/c1-22-11-7-8-14(13(18)10-11)19-9-5-4-6-12(16(20)23-2)15(19)17(21)24-3/h4-10H,1-3H3. The fourth-order valence-corrected chi connectivity index (χ4v) is 2.71. The lowest BCUT2D eigenvalue weighted by atomic mass is 10.1. The second-order valence-electron chi connectivity index (χ2n) is 4.63. The Morgan fingerprint density at radius 3 is 2.33 bits per heavy atom. The zero-order chi connectivity index (χ0) is 17.7. The molecule has 0 saturated carbocycles. The van der Waals surface area contributed by atoms with Crippen LogP contribution in [0.5, 0.6) is 5.75 Å². The van der Waals surface area contributed by atoms with Crippen LogP contribution in [0, 0.1) is 0 Å². The normalized spacial score (nSPS) is 13.6. The van der Waals surface area contributed by atoms with Crippen molar-refractivity contribution in [2.45, 2.75) is 0 Å². The summed E-state index contributed by atoms with van der Waals surface area (Å²) in [6.45, 7) is 0. The van der Waals surface area contributed by atoms with E-state index in [0.717, 1.165) is 0 Å². The average molecular weight is 394 g/mol. The summed E-state index contributed by atoms with van der Waals surface area (Å²) in [6, 6.07) is 5.27. The van der Waals surface area contributed by atoms with E-state index in [-0.39, 0.29) is 11.3 Å². The molecule has 0 aliphatic carbocycles. The summed E-state index contributed by atoms with van der Waals surface area (Å²) < 4.78 is 15.5. The SMILES string of the molecule is COC(=O)C1=C(C(=O)OC)N(c2ccc(OC)cc2Br)C=CC=C1. The molecule has 1 aromatic rings. The number of halogens is 1. The van der Waals surface area contributed by atoms with E-state index in [4.69, 9.17) is 14.2 Å². The lowest BCUT2D eigenvalue weighted by Crippen LogP contribution is -2.27. The molecule has 0 unspecified atom stereocenters. The van der Waals surface area contributed by atoms with Crippen LogP contribution in [0.25, 0.3) is 0 Å². The molecule has 1 aliphatic heterocycles. The molecule has 0 atom stereocenters. The summed E-state index contributed by atoms with van der Waals surface area (Å²) in [7, 11) is 4.07. The molecule has 0 bridgehead atoms. The minimum Gasteiger partial charge on any atom is -0.497 e. The first-order valence-corrected chi connectivity index (χ1v) is 7.71. The van der Waals surface area contributed by atoms with Crippen molar-refractivity contribution < 1.29 is 23.8 Å². The Labute approximate surface area is 148 Å². The minimum atomic E-state index is -0.658. The van der Waals surface area contributed by atoms with Crippen LogP contribution in [-0.2, 0) is 19.1 Å². The number of rotatable bonds is 4. The van der Waals surface area contributed by atoms with Gasteiger partial charge in [0.25, 0.3) is 0 Å². The van der Waals surface area contributed by atoms with Crippen LogP contribution in [-0.4, -0.2) is 33.3 Å². The van der Waals surface area contributed by atoms with Crippen LogP contribution >= 0.6 is 15.9 Å². The van der Waals surface area contributed by atoms with E-state index in [1.54, 1.807) is 48.6 Å². The van der Waals surface area contributed by atoms with E-state index < -0.39 is 11.9 Å². The summed E-state index contributed by atoms with van der Waals surface area (Å²) in [4.78, 5) is 26.0. The molecule has 0 N–H and O–H groups in total. The van der Waals surface area contributed by atoms with Gasteiger partial charge in [-0.1, -0.05) is 6.08 Å². The first-order valence-electron chi connectivity index (χ1n) is 6.92. The highest BCUT2D eigenvalue weighted by molar-refractivity contribution is 9.10. The quantitative estimate of drug-likeness (QED) is 0.732. The lowest BCUT2D eigenvalue weighted by molar-refractivity contribution is -0.139. The minimum absolute atomic E-state index is 0.0558. The van der Waals surface area contributed by atoms with Gasteiger partial charge in [0.15, 0.2) is 0 Å². The molecule has 6 nitrogen and oxygen atoms in total. The van der Waals surface area contributed by atoms with Gasteiger partial charge in [0.2, 0.25) is 0 Å². The Hall–Kier alpha value is -2.54. The zero-order valence-corrected chi connectivity index (χ0v) is 15.0. The van der Waals surface area contributed by atoms with E-state index in [9.17, 15) is 9.59 Å². The van der Waals surface area contributed by atoms with Gasteiger partial charge in [-0.05, 0) is 46.3 Å². The predicted octanol–water partition coefficient (Wildman–Crippen LogP) is 2.95. The Balaban J connectivity index is 2.65. The first kappa shape index (κ1) is 17.8. The van der Waals surface area contributed by atoms with Crippen LogP contribution in [0.2, 0.25) is 0 Å². The van der Waals surface area contributed by atoms with Crippen molar-refractivity contribution in [1.29, 1.82) is 0 Å². The predicted molar refractivity (Wildman–Crippen MR) is 92.5 cm³/mol. The topological polar surface area (TPSA) is 65.1 Å². The van der Waals surface area contributed by atoms with Gasteiger partial charge in [-0.2, -0.15) is 0 Å². The van der Waals surface area contributed by atoms with E-state index in [2.05, 4.69) is 15.9 Å². The first-order chi connectivity index (χ1) is 11.5. The second kappa shape index (κ2) is 7.83.